The lowest BCUT2D eigenvalue weighted by Gasteiger charge is -2.10. The molecule has 0 radical (unpaired) electrons. The van der Waals surface area contributed by atoms with Crippen molar-refractivity contribution in [2.24, 2.45) is 0 Å². The van der Waals surface area contributed by atoms with Crippen LogP contribution < -0.4 is 0 Å². The molecule has 0 amide bonds. The first-order valence-corrected chi connectivity index (χ1v) is 14.2. The second kappa shape index (κ2) is 11.0. The lowest BCUT2D eigenvalue weighted by atomic mass is 9.96. The van der Waals surface area contributed by atoms with Crippen molar-refractivity contribution in [3.63, 3.8) is 0 Å². The molecule has 0 unspecified atom stereocenters. The summed E-state index contributed by atoms with van der Waals surface area (Å²) in [6.45, 7) is 0. The number of rotatable bonds is 5. The van der Waals surface area contributed by atoms with Gasteiger partial charge in [-0.3, -0.25) is 0 Å². The first-order valence-electron chi connectivity index (χ1n) is 17.7. The first kappa shape index (κ1) is 19.3. The summed E-state index contributed by atoms with van der Waals surface area (Å²) in [7, 11) is 0. The molecule has 1 heterocycles. The average molecular weight is 569 g/mol. The molecule has 44 heavy (non-hydrogen) atoms. The van der Waals surface area contributed by atoms with Gasteiger partial charge in [0.25, 0.3) is 0 Å². The van der Waals surface area contributed by atoms with E-state index >= 15 is 0 Å². The molecule has 1 aromatic heterocycles. The van der Waals surface area contributed by atoms with Crippen LogP contribution in [-0.2, 0) is 0 Å². The summed E-state index contributed by atoms with van der Waals surface area (Å²) < 4.78 is 59.2. The molecule has 206 valence electrons. The highest BCUT2D eigenvalue weighted by atomic mass is 15.0. The molecule has 8 aromatic rings. The summed E-state index contributed by atoms with van der Waals surface area (Å²) in [5.74, 6) is 1.73. The third kappa shape index (κ3) is 5.01. The maximum absolute atomic E-state index is 8.92. The minimum absolute atomic E-state index is 0.0581. The quantitative estimate of drug-likeness (QED) is 0.207. The minimum Gasteiger partial charge on any atom is -0.208 e. The smallest absolute Gasteiger partial charge is 0.164 e. The first-order chi connectivity index (χ1) is 24.7. The van der Waals surface area contributed by atoms with Crippen molar-refractivity contribution in [3.05, 3.63) is 164 Å². The van der Waals surface area contributed by atoms with Gasteiger partial charge in [0.15, 0.2) is 17.5 Å². The van der Waals surface area contributed by atoms with Crippen LogP contribution in [0.5, 0.6) is 0 Å². The highest BCUT2D eigenvalue weighted by Gasteiger charge is 2.13. The van der Waals surface area contributed by atoms with Crippen molar-refractivity contribution < 1.29 is 9.60 Å². The Balaban J connectivity index is 1.19. The van der Waals surface area contributed by atoms with Crippen LogP contribution in [-0.4, -0.2) is 15.0 Å². The van der Waals surface area contributed by atoms with E-state index in [4.69, 9.17) is 24.5 Å². The van der Waals surface area contributed by atoms with Gasteiger partial charge in [0.1, 0.15) is 0 Å². The number of benzene rings is 7. The fraction of sp³-hybridized carbons (Fsp3) is 0. The van der Waals surface area contributed by atoms with Gasteiger partial charge in [0, 0.05) is 16.7 Å². The number of hydrogen-bond donors (Lipinski definition) is 0. The maximum atomic E-state index is 8.92. The molecule has 8 rings (SSSR count). The zero-order valence-corrected chi connectivity index (χ0v) is 23.4. The van der Waals surface area contributed by atoms with Crippen molar-refractivity contribution in [3.8, 4) is 56.4 Å². The molecule has 0 aliphatic rings. The van der Waals surface area contributed by atoms with E-state index in [-0.39, 0.29) is 40.5 Å². The molecule has 7 aromatic carbocycles. The summed E-state index contributed by atoms with van der Waals surface area (Å²) in [5, 5.41) is 1.60. The lowest BCUT2D eigenvalue weighted by molar-refractivity contribution is 1.07. The van der Waals surface area contributed by atoms with Crippen molar-refractivity contribution >= 4 is 21.5 Å². The predicted octanol–water partition coefficient (Wildman–Crippen LogP) is 10.5. The van der Waals surface area contributed by atoms with Gasteiger partial charge in [0.2, 0.25) is 0 Å². The molecule has 0 fully saturated rings. The summed E-state index contributed by atoms with van der Waals surface area (Å²) in [5.41, 5.74) is 5.23. The van der Waals surface area contributed by atoms with Gasteiger partial charge in [-0.25, -0.2) is 15.0 Å². The van der Waals surface area contributed by atoms with Gasteiger partial charge < -0.3 is 0 Å². The highest BCUT2D eigenvalue weighted by molar-refractivity contribution is 5.93. The molecular weight excluding hydrogens is 534 g/mol. The van der Waals surface area contributed by atoms with Crippen LogP contribution in [0.4, 0.5) is 0 Å². The molecule has 0 spiro atoms. The van der Waals surface area contributed by atoms with E-state index in [0.29, 0.717) is 23.0 Å². The second-order valence-corrected chi connectivity index (χ2v) is 10.4. The van der Waals surface area contributed by atoms with Gasteiger partial charge in [-0.1, -0.05) is 139 Å². The van der Waals surface area contributed by atoms with E-state index < -0.39 is 18.1 Å². The Bertz CT molecular complexity index is 2610. The van der Waals surface area contributed by atoms with Crippen LogP contribution in [0.15, 0.2) is 164 Å². The zero-order valence-electron chi connectivity index (χ0n) is 30.4. The van der Waals surface area contributed by atoms with Gasteiger partial charge in [-0.15, -0.1) is 0 Å². The molecule has 0 aliphatic carbocycles. The fourth-order valence-corrected chi connectivity index (χ4v) is 5.28. The number of fused-ring (bicyclic) bond motifs is 2. The fourth-order valence-electron chi connectivity index (χ4n) is 5.28. The molecule has 0 atom stereocenters. The summed E-state index contributed by atoms with van der Waals surface area (Å²) >= 11 is 0. The second-order valence-electron chi connectivity index (χ2n) is 10.4. The van der Waals surface area contributed by atoms with Crippen molar-refractivity contribution in [1.82, 2.24) is 15.0 Å². The van der Waals surface area contributed by atoms with Crippen molar-refractivity contribution in [2.75, 3.05) is 0 Å². The van der Waals surface area contributed by atoms with Crippen molar-refractivity contribution in [1.29, 1.82) is 0 Å². The van der Waals surface area contributed by atoms with Gasteiger partial charge in [-0.05, 0) is 68.0 Å². The Hall–Kier alpha value is -5.93. The van der Waals surface area contributed by atoms with Crippen LogP contribution in [0.2, 0.25) is 0 Å². The van der Waals surface area contributed by atoms with Crippen LogP contribution in [0, 0.1) is 0 Å². The van der Waals surface area contributed by atoms with Gasteiger partial charge >= 0.3 is 0 Å². The SMILES string of the molecule is [2H]c1c([2H])c([2H])c2c([2H])c(-c3ccc4cc(-c5cccc(-c6nc(-c7ccccc7)nc(-c7ccccc7)n6)c5)ccc4c3)c([2H])c([2H])c2c1[2H]. The topological polar surface area (TPSA) is 38.7 Å². The van der Waals surface area contributed by atoms with Crippen LogP contribution in [0.25, 0.3) is 78.0 Å². The monoisotopic (exact) mass is 568 g/mol. The Morgan fingerprint density at radius 3 is 1.48 bits per heavy atom. The van der Waals surface area contributed by atoms with E-state index in [2.05, 4.69) is 12.1 Å². The molecule has 0 N–H and O–H groups in total. The van der Waals surface area contributed by atoms with Crippen molar-refractivity contribution in [2.45, 2.75) is 0 Å². The van der Waals surface area contributed by atoms with Crippen LogP contribution in [0.1, 0.15) is 9.60 Å². The summed E-state index contributed by atoms with van der Waals surface area (Å²) in [4.78, 5) is 14.5. The summed E-state index contributed by atoms with van der Waals surface area (Å²) in [6.07, 6.45) is 0. The van der Waals surface area contributed by atoms with E-state index in [0.717, 1.165) is 38.6 Å². The molecule has 0 saturated heterocycles. The number of hydrogen-bond acceptors (Lipinski definition) is 3. The molecule has 0 aliphatic heterocycles. The zero-order chi connectivity index (χ0) is 35.4. The van der Waals surface area contributed by atoms with Crippen LogP contribution in [0.3, 0.4) is 0 Å². The number of nitrogens with zero attached hydrogens (tertiary/aromatic N) is 3. The Morgan fingerprint density at radius 2 is 0.841 bits per heavy atom. The van der Waals surface area contributed by atoms with Gasteiger partial charge in [0.05, 0.1) is 9.60 Å². The molecule has 0 saturated carbocycles. The standard InChI is InChI=1S/C41H27N3/c1-3-11-29(12-4-1)39-42-40(30-13-5-2-6-14-30)44-41(43-39)38-17-9-16-32(27-38)33-20-21-37-26-36(23-22-35(37)25-33)34-19-18-28-10-7-8-15-31(28)24-34/h1-27H/i7D,8D,10D,15D,18D,19D,24D. The normalized spacial score (nSPS) is 13.4. The third-order valence-electron chi connectivity index (χ3n) is 7.53. The highest BCUT2D eigenvalue weighted by Crippen LogP contribution is 2.32. The maximum Gasteiger partial charge on any atom is 0.164 e. The van der Waals surface area contributed by atoms with E-state index in [1.165, 1.54) is 0 Å². The van der Waals surface area contributed by atoms with Crippen LogP contribution >= 0.6 is 0 Å². The lowest BCUT2D eigenvalue weighted by Crippen LogP contribution is -2.00. The molecule has 3 nitrogen and oxygen atoms in total. The van der Waals surface area contributed by atoms with E-state index in [1.54, 1.807) is 6.07 Å². The molecule has 3 heteroatoms. The summed E-state index contributed by atoms with van der Waals surface area (Å²) in [6, 6.07) is 36.7. The number of aromatic nitrogens is 3. The van der Waals surface area contributed by atoms with Gasteiger partial charge in [-0.2, -0.15) is 0 Å². The predicted molar refractivity (Wildman–Crippen MR) is 182 cm³/mol. The Labute approximate surface area is 266 Å². The Morgan fingerprint density at radius 1 is 0.341 bits per heavy atom. The largest absolute Gasteiger partial charge is 0.208 e. The van der Waals surface area contributed by atoms with E-state index in [9.17, 15) is 0 Å². The third-order valence-corrected chi connectivity index (χ3v) is 7.53. The Kier molecular flexibility index (Phi) is 4.85. The van der Waals surface area contributed by atoms with E-state index in [1.807, 2.05) is 103 Å². The minimum atomic E-state index is -0.484. The average Bonchev–Trinajstić information content (AvgIpc) is 3.18. The molecular formula is C41H27N3. The molecule has 0 bridgehead atoms.